The fourth-order valence-electron chi connectivity index (χ4n) is 4.60. The van der Waals surface area contributed by atoms with Gasteiger partial charge in [0.2, 0.25) is 6.79 Å². The first kappa shape index (κ1) is 22.5. The molecule has 4 rings (SSSR count). The van der Waals surface area contributed by atoms with E-state index in [0.717, 1.165) is 56.0 Å². The van der Waals surface area contributed by atoms with E-state index in [1.165, 1.54) is 31.2 Å². The van der Waals surface area contributed by atoms with Crippen molar-refractivity contribution in [3.05, 3.63) is 23.8 Å². The molecule has 7 heteroatoms. The van der Waals surface area contributed by atoms with Gasteiger partial charge in [-0.15, -0.1) is 24.0 Å². The second-order valence-corrected chi connectivity index (χ2v) is 8.49. The molecule has 1 aliphatic carbocycles. The molecule has 0 unspecified atom stereocenters. The van der Waals surface area contributed by atoms with Crippen LogP contribution in [-0.4, -0.2) is 45.6 Å². The highest BCUT2D eigenvalue weighted by Crippen LogP contribution is 2.40. The van der Waals surface area contributed by atoms with Gasteiger partial charge in [0.25, 0.3) is 0 Å². The molecule has 1 saturated heterocycles. The molecule has 0 spiro atoms. The average Bonchev–Trinajstić information content (AvgIpc) is 3.21. The molecule has 1 saturated carbocycles. The average molecular weight is 515 g/mol. The van der Waals surface area contributed by atoms with Crippen LogP contribution in [0.15, 0.2) is 23.2 Å². The van der Waals surface area contributed by atoms with Gasteiger partial charge in [0.1, 0.15) is 0 Å². The molecule has 2 heterocycles. The summed E-state index contributed by atoms with van der Waals surface area (Å²) >= 11 is 0. The van der Waals surface area contributed by atoms with Gasteiger partial charge in [-0.1, -0.05) is 13.0 Å². The van der Waals surface area contributed by atoms with Crippen molar-refractivity contribution >= 4 is 29.9 Å². The summed E-state index contributed by atoms with van der Waals surface area (Å²) in [6.45, 7) is 5.05. The molecule has 6 nitrogen and oxygen atoms in total. The Labute approximate surface area is 191 Å². The van der Waals surface area contributed by atoms with E-state index in [9.17, 15) is 0 Å². The van der Waals surface area contributed by atoms with Gasteiger partial charge in [-0.2, -0.15) is 0 Å². The predicted octanol–water partition coefficient (Wildman–Crippen LogP) is 3.83. The minimum atomic E-state index is 0. The quantitative estimate of drug-likeness (QED) is 0.363. The molecule has 0 amide bonds. The highest BCUT2D eigenvalue weighted by atomic mass is 127. The van der Waals surface area contributed by atoms with Crippen LogP contribution in [0.4, 0.5) is 0 Å². The van der Waals surface area contributed by atoms with E-state index in [4.69, 9.17) is 14.2 Å². The Kier molecular flexibility index (Phi) is 7.90. The van der Waals surface area contributed by atoms with E-state index in [-0.39, 0.29) is 29.4 Å². The van der Waals surface area contributed by atoms with Crippen molar-refractivity contribution in [1.29, 1.82) is 0 Å². The van der Waals surface area contributed by atoms with E-state index < -0.39 is 0 Å². The maximum atomic E-state index is 5.67. The molecule has 162 valence electrons. The molecular weight excluding hydrogens is 481 g/mol. The summed E-state index contributed by atoms with van der Waals surface area (Å²) in [6, 6.07) is 6.89. The molecule has 29 heavy (non-hydrogen) atoms. The smallest absolute Gasteiger partial charge is 0.231 e. The summed E-state index contributed by atoms with van der Waals surface area (Å²) < 4.78 is 16.8. The van der Waals surface area contributed by atoms with E-state index in [1.807, 2.05) is 13.1 Å². The SMILES string of the molecule is CN=C(NCC1(c2ccc3c(c2)OCO3)CCOCC1)NC1CCC(C)CC1.I. The van der Waals surface area contributed by atoms with Gasteiger partial charge in [-0.3, -0.25) is 4.99 Å². The number of nitrogens with one attached hydrogen (secondary N) is 2. The number of guanidine groups is 1. The zero-order chi connectivity index (χ0) is 19.4. The second-order valence-electron chi connectivity index (χ2n) is 8.49. The number of hydrogen-bond donors (Lipinski definition) is 2. The summed E-state index contributed by atoms with van der Waals surface area (Å²) in [7, 11) is 1.86. The van der Waals surface area contributed by atoms with Crippen molar-refractivity contribution in [1.82, 2.24) is 10.6 Å². The molecule has 0 radical (unpaired) electrons. The molecule has 2 aliphatic heterocycles. The Morgan fingerprint density at radius 1 is 1.10 bits per heavy atom. The summed E-state index contributed by atoms with van der Waals surface area (Å²) in [6.07, 6.45) is 7.02. The summed E-state index contributed by atoms with van der Waals surface area (Å²) in [5.74, 6) is 3.45. The zero-order valence-corrected chi connectivity index (χ0v) is 19.9. The lowest BCUT2D eigenvalue weighted by Crippen LogP contribution is -2.50. The fourth-order valence-corrected chi connectivity index (χ4v) is 4.60. The summed E-state index contributed by atoms with van der Waals surface area (Å²) in [4.78, 5) is 4.49. The Morgan fingerprint density at radius 2 is 1.83 bits per heavy atom. The lowest BCUT2D eigenvalue weighted by molar-refractivity contribution is 0.0513. The Bertz CT molecular complexity index is 699. The molecule has 2 N–H and O–H groups in total. The number of nitrogens with zero attached hydrogens (tertiary/aromatic N) is 1. The number of halogens is 1. The molecule has 1 aromatic rings. The molecule has 0 atom stereocenters. The van der Waals surface area contributed by atoms with Gasteiger partial charge in [0, 0.05) is 38.3 Å². The third-order valence-electron chi connectivity index (χ3n) is 6.61. The summed E-state index contributed by atoms with van der Waals surface area (Å²) in [5, 5.41) is 7.26. The van der Waals surface area contributed by atoms with Crippen LogP contribution in [-0.2, 0) is 10.2 Å². The number of fused-ring (bicyclic) bond motifs is 1. The van der Waals surface area contributed by atoms with Gasteiger partial charge in [0.05, 0.1) is 0 Å². The van der Waals surface area contributed by atoms with E-state index in [2.05, 4.69) is 34.7 Å². The van der Waals surface area contributed by atoms with Gasteiger partial charge in [0.15, 0.2) is 17.5 Å². The topological polar surface area (TPSA) is 64.1 Å². The van der Waals surface area contributed by atoms with Crippen molar-refractivity contribution in [2.75, 3.05) is 33.6 Å². The first-order valence-electron chi connectivity index (χ1n) is 10.6. The minimum absolute atomic E-state index is 0. The van der Waals surface area contributed by atoms with E-state index in [0.29, 0.717) is 12.8 Å². The van der Waals surface area contributed by atoms with Crippen LogP contribution in [0.2, 0.25) is 0 Å². The monoisotopic (exact) mass is 515 g/mol. The molecule has 0 bridgehead atoms. The number of rotatable bonds is 4. The number of ether oxygens (including phenoxy) is 3. The van der Waals surface area contributed by atoms with Crippen LogP contribution in [0.25, 0.3) is 0 Å². The molecule has 0 aromatic heterocycles. The lowest BCUT2D eigenvalue weighted by Gasteiger charge is -2.38. The van der Waals surface area contributed by atoms with Gasteiger partial charge >= 0.3 is 0 Å². The molecule has 3 aliphatic rings. The van der Waals surface area contributed by atoms with Gasteiger partial charge in [-0.05, 0) is 62.1 Å². The van der Waals surface area contributed by atoms with Gasteiger partial charge in [-0.25, -0.2) is 0 Å². The standard InChI is InChI=1S/C22H33N3O3.HI/c1-16-3-6-18(7-4-16)25-21(23-2)24-14-22(9-11-26-12-10-22)17-5-8-19-20(13-17)28-15-27-19;/h5,8,13,16,18H,3-4,6-7,9-12,14-15H2,1-2H3,(H2,23,24,25);1H. The first-order valence-corrected chi connectivity index (χ1v) is 10.6. The maximum absolute atomic E-state index is 5.67. The number of benzene rings is 1. The Hall–Kier alpha value is -1.22. The first-order chi connectivity index (χ1) is 13.7. The normalized spacial score (nSPS) is 25.8. The number of hydrogen-bond acceptors (Lipinski definition) is 4. The lowest BCUT2D eigenvalue weighted by atomic mass is 9.74. The van der Waals surface area contributed by atoms with Crippen molar-refractivity contribution in [3.8, 4) is 11.5 Å². The third-order valence-corrected chi connectivity index (χ3v) is 6.61. The molecule has 2 fully saturated rings. The van der Waals surface area contributed by atoms with Crippen molar-refractivity contribution < 1.29 is 14.2 Å². The van der Waals surface area contributed by atoms with Crippen LogP contribution in [0.1, 0.15) is 51.0 Å². The van der Waals surface area contributed by atoms with Crippen LogP contribution in [0.3, 0.4) is 0 Å². The highest BCUT2D eigenvalue weighted by molar-refractivity contribution is 14.0. The van der Waals surface area contributed by atoms with Crippen LogP contribution in [0.5, 0.6) is 11.5 Å². The third kappa shape index (κ3) is 5.29. The van der Waals surface area contributed by atoms with Crippen LogP contribution < -0.4 is 20.1 Å². The molecule has 1 aromatic carbocycles. The fraction of sp³-hybridized carbons (Fsp3) is 0.682. The van der Waals surface area contributed by atoms with Crippen molar-refractivity contribution in [2.24, 2.45) is 10.9 Å². The summed E-state index contributed by atoms with van der Waals surface area (Å²) in [5.41, 5.74) is 1.30. The van der Waals surface area contributed by atoms with Crippen molar-refractivity contribution in [2.45, 2.75) is 56.9 Å². The zero-order valence-electron chi connectivity index (χ0n) is 17.5. The second kappa shape index (κ2) is 10.2. The van der Waals surface area contributed by atoms with E-state index >= 15 is 0 Å². The van der Waals surface area contributed by atoms with Crippen LogP contribution >= 0.6 is 24.0 Å². The predicted molar refractivity (Wildman–Crippen MR) is 126 cm³/mol. The van der Waals surface area contributed by atoms with Crippen molar-refractivity contribution in [3.63, 3.8) is 0 Å². The van der Waals surface area contributed by atoms with Gasteiger partial charge < -0.3 is 24.8 Å². The maximum Gasteiger partial charge on any atom is 0.231 e. The number of aliphatic imine (C=N–C) groups is 1. The Balaban J connectivity index is 0.00000240. The Morgan fingerprint density at radius 3 is 2.55 bits per heavy atom. The molecular formula is C22H34IN3O3. The van der Waals surface area contributed by atoms with Crippen LogP contribution in [0, 0.1) is 5.92 Å². The highest BCUT2D eigenvalue weighted by Gasteiger charge is 2.36. The minimum Gasteiger partial charge on any atom is -0.454 e. The largest absolute Gasteiger partial charge is 0.454 e. The van der Waals surface area contributed by atoms with E-state index in [1.54, 1.807) is 0 Å².